The van der Waals surface area contributed by atoms with Crippen LogP contribution in [0.15, 0.2) is 41.1 Å². The molecule has 0 saturated carbocycles. The average molecular weight is 419 g/mol. The van der Waals surface area contributed by atoms with Gasteiger partial charge >= 0.3 is 6.01 Å². The zero-order valence-corrected chi connectivity index (χ0v) is 15.8. The lowest BCUT2D eigenvalue weighted by atomic mass is 10.2. The number of nitrogens with zero attached hydrogens (tertiary/aromatic N) is 4. The first-order valence-corrected chi connectivity index (χ1v) is 8.96. The Labute approximate surface area is 168 Å². The van der Waals surface area contributed by atoms with Crippen molar-refractivity contribution in [2.75, 3.05) is 6.61 Å². The second-order valence-electron chi connectivity index (χ2n) is 5.90. The first-order chi connectivity index (χ1) is 14.0. The predicted molar refractivity (Wildman–Crippen MR) is 100 cm³/mol. The van der Waals surface area contributed by atoms with Crippen molar-refractivity contribution >= 4 is 22.8 Å². The molecule has 148 valence electrons. The highest BCUT2D eigenvalue weighted by Gasteiger charge is 2.20. The van der Waals surface area contributed by atoms with Gasteiger partial charge in [-0.1, -0.05) is 18.5 Å². The topological polar surface area (TPSA) is 83.2 Å². The van der Waals surface area contributed by atoms with Gasteiger partial charge in [0.05, 0.1) is 29.6 Å². The van der Waals surface area contributed by atoms with Crippen molar-refractivity contribution in [2.45, 2.75) is 13.3 Å². The number of halogens is 3. The van der Waals surface area contributed by atoms with Gasteiger partial charge in [0.1, 0.15) is 11.6 Å². The van der Waals surface area contributed by atoms with Gasteiger partial charge in [-0.25, -0.2) is 13.8 Å². The van der Waals surface area contributed by atoms with Crippen molar-refractivity contribution in [3.8, 4) is 29.1 Å². The van der Waals surface area contributed by atoms with E-state index in [1.165, 1.54) is 24.4 Å². The van der Waals surface area contributed by atoms with Crippen LogP contribution in [-0.4, -0.2) is 26.5 Å². The van der Waals surface area contributed by atoms with Crippen molar-refractivity contribution in [1.82, 2.24) is 19.9 Å². The van der Waals surface area contributed by atoms with Crippen molar-refractivity contribution in [3.05, 3.63) is 53.3 Å². The minimum Gasteiger partial charge on any atom is -0.476 e. The van der Waals surface area contributed by atoms with Gasteiger partial charge in [0, 0.05) is 6.07 Å². The lowest BCUT2D eigenvalue weighted by molar-refractivity contribution is 0.302. The van der Waals surface area contributed by atoms with E-state index in [-0.39, 0.29) is 45.3 Å². The van der Waals surface area contributed by atoms with Crippen LogP contribution < -0.4 is 9.47 Å². The lowest BCUT2D eigenvalue weighted by Crippen LogP contribution is -2.01. The molecule has 0 aliphatic carbocycles. The molecule has 0 aliphatic rings. The smallest absolute Gasteiger partial charge is 0.328 e. The SMILES string of the molecule is CCCOc1nc(Oc2cncc(F)c2)nc2oc(-c3cc(F)ccc3Cl)nc12. The summed E-state index contributed by atoms with van der Waals surface area (Å²) in [6, 6.07) is 4.80. The van der Waals surface area contributed by atoms with Crippen molar-refractivity contribution in [2.24, 2.45) is 0 Å². The molecule has 0 N–H and O–H groups in total. The first kappa shape index (κ1) is 19.0. The largest absolute Gasteiger partial charge is 0.476 e. The van der Waals surface area contributed by atoms with Gasteiger partial charge in [0.15, 0.2) is 11.3 Å². The third-order valence-corrected chi connectivity index (χ3v) is 4.03. The Hall–Kier alpha value is -3.33. The summed E-state index contributed by atoms with van der Waals surface area (Å²) in [6.07, 6.45) is 3.07. The van der Waals surface area contributed by atoms with Gasteiger partial charge in [-0.05, 0) is 24.6 Å². The molecule has 0 amide bonds. The number of oxazole rings is 1. The van der Waals surface area contributed by atoms with Gasteiger partial charge in [0.25, 0.3) is 11.6 Å². The number of ether oxygens (including phenoxy) is 2. The second-order valence-corrected chi connectivity index (χ2v) is 6.30. The summed E-state index contributed by atoms with van der Waals surface area (Å²) in [6.45, 7) is 2.28. The van der Waals surface area contributed by atoms with Gasteiger partial charge in [0.2, 0.25) is 5.89 Å². The molecule has 10 heteroatoms. The summed E-state index contributed by atoms with van der Waals surface area (Å²) in [5.41, 5.74) is 0.516. The summed E-state index contributed by atoms with van der Waals surface area (Å²) in [7, 11) is 0. The predicted octanol–water partition coefficient (Wildman–Crippen LogP) is 5.19. The van der Waals surface area contributed by atoms with Crippen LogP contribution in [0.2, 0.25) is 5.02 Å². The van der Waals surface area contributed by atoms with Crippen LogP contribution in [0.1, 0.15) is 13.3 Å². The van der Waals surface area contributed by atoms with E-state index >= 15 is 0 Å². The molecule has 0 unspecified atom stereocenters. The van der Waals surface area contributed by atoms with E-state index in [4.69, 9.17) is 25.5 Å². The fourth-order valence-corrected chi connectivity index (χ4v) is 2.65. The number of benzene rings is 1. The molecule has 3 aromatic heterocycles. The number of rotatable bonds is 6. The van der Waals surface area contributed by atoms with Gasteiger partial charge in [-0.2, -0.15) is 9.97 Å². The maximum absolute atomic E-state index is 13.6. The van der Waals surface area contributed by atoms with E-state index in [0.29, 0.717) is 6.61 Å². The molecule has 3 heterocycles. The van der Waals surface area contributed by atoms with Crippen LogP contribution in [-0.2, 0) is 0 Å². The minimum atomic E-state index is -0.575. The summed E-state index contributed by atoms with van der Waals surface area (Å²) < 4.78 is 43.7. The summed E-state index contributed by atoms with van der Waals surface area (Å²) in [4.78, 5) is 16.3. The lowest BCUT2D eigenvalue weighted by Gasteiger charge is -2.06. The van der Waals surface area contributed by atoms with Gasteiger partial charge in [-0.15, -0.1) is 0 Å². The van der Waals surface area contributed by atoms with Crippen LogP contribution in [0.25, 0.3) is 22.7 Å². The van der Waals surface area contributed by atoms with E-state index in [9.17, 15) is 8.78 Å². The number of hydrogen-bond donors (Lipinski definition) is 0. The number of aromatic nitrogens is 4. The normalized spacial score (nSPS) is 11.0. The maximum atomic E-state index is 13.6. The molecule has 0 saturated heterocycles. The molecule has 0 spiro atoms. The van der Waals surface area contributed by atoms with E-state index in [2.05, 4.69) is 19.9 Å². The Morgan fingerprint density at radius 1 is 1.07 bits per heavy atom. The highest BCUT2D eigenvalue weighted by Crippen LogP contribution is 2.34. The summed E-state index contributed by atoms with van der Waals surface area (Å²) in [5.74, 6) is -0.821. The van der Waals surface area contributed by atoms with E-state index in [1.54, 1.807) is 0 Å². The minimum absolute atomic E-state index is 0.0424. The Morgan fingerprint density at radius 3 is 2.72 bits per heavy atom. The van der Waals surface area contributed by atoms with Gasteiger partial charge in [-0.3, -0.25) is 4.98 Å². The fraction of sp³-hybridized carbons (Fsp3) is 0.158. The standard InChI is InChI=1S/C19H13ClF2N4O3/c1-2-5-27-17-15-18(26-19(25-17)28-12-6-11(22)8-23-9-12)29-16(24-15)13-7-10(21)3-4-14(13)20/h3-4,6-9H,2,5H2,1H3. The van der Waals surface area contributed by atoms with Crippen molar-refractivity contribution in [1.29, 1.82) is 0 Å². The fourth-order valence-electron chi connectivity index (χ4n) is 2.45. The molecule has 7 nitrogen and oxygen atoms in total. The van der Waals surface area contributed by atoms with E-state index in [0.717, 1.165) is 18.7 Å². The molecule has 4 rings (SSSR count). The van der Waals surface area contributed by atoms with Crippen LogP contribution in [0.5, 0.6) is 17.6 Å². The number of hydrogen-bond acceptors (Lipinski definition) is 7. The molecule has 0 radical (unpaired) electrons. The highest BCUT2D eigenvalue weighted by atomic mass is 35.5. The van der Waals surface area contributed by atoms with E-state index < -0.39 is 11.6 Å². The first-order valence-electron chi connectivity index (χ1n) is 8.58. The van der Waals surface area contributed by atoms with Crippen LogP contribution in [0.3, 0.4) is 0 Å². The van der Waals surface area contributed by atoms with Crippen LogP contribution >= 0.6 is 11.6 Å². The highest BCUT2D eigenvalue weighted by molar-refractivity contribution is 6.33. The van der Waals surface area contributed by atoms with Crippen molar-refractivity contribution < 1.29 is 22.7 Å². The second kappa shape index (κ2) is 7.96. The van der Waals surface area contributed by atoms with Crippen molar-refractivity contribution in [3.63, 3.8) is 0 Å². The third-order valence-electron chi connectivity index (χ3n) is 3.70. The summed E-state index contributed by atoms with van der Waals surface area (Å²) >= 11 is 6.13. The number of fused-ring (bicyclic) bond motifs is 1. The zero-order chi connectivity index (χ0) is 20.4. The Balaban J connectivity index is 1.79. The maximum Gasteiger partial charge on any atom is 0.328 e. The van der Waals surface area contributed by atoms with Crippen LogP contribution in [0.4, 0.5) is 8.78 Å². The van der Waals surface area contributed by atoms with E-state index in [1.807, 2.05) is 6.92 Å². The molecule has 0 atom stereocenters. The third kappa shape index (κ3) is 4.09. The molecule has 1 aromatic carbocycles. The molecular weight excluding hydrogens is 406 g/mol. The zero-order valence-electron chi connectivity index (χ0n) is 15.0. The Kier molecular flexibility index (Phi) is 5.22. The molecule has 0 bridgehead atoms. The van der Waals surface area contributed by atoms with Crippen LogP contribution in [0, 0.1) is 11.6 Å². The Bertz CT molecular complexity index is 1190. The quantitative estimate of drug-likeness (QED) is 0.426. The Morgan fingerprint density at radius 2 is 1.93 bits per heavy atom. The molecule has 29 heavy (non-hydrogen) atoms. The number of pyridine rings is 1. The monoisotopic (exact) mass is 418 g/mol. The molecular formula is C19H13ClF2N4O3. The van der Waals surface area contributed by atoms with Gasteiger partial charge < -0.3 is 13.9 Å². The molecule has 0 fully saturated rings. The average Bonchev–Trinajstić information content (AvgIpc) is 3.12. The summed E-state index contributed by atoms with van der Waals surface area (Å²) in [5, 5.41) is 0.254. The molecule has 0 aliphatic heterocycles. The molecule has 4 aromatic rings.